The number of allylic oxidation sites excluding steroid dienone is 1. The second kappa shape index (κ2) is 3.23. The van der Waals surface area contributed by atoms with Crippen LogP contribution in [0.3, 0.4) is 0 Å². The van der Waals surface area contributed by atoms with E-state index in [0.29, 0.717) is 24.2 Å². The Balaban J connectivity index is 1.97. The molecule has 0 aromatic carbocycles. The molecule has 0 aromatic rings. The second-order valence-electron chi connectivity index (χ2n) is 6.64. The van der Waals surface area contributed by atoms with Gasteiger partial charge >= 0.3 is 0 Å². The highest BCUT2D eigenvalue weighted by atomic mass is 16.6. The summed E-state index contributed by atoms with van der Waals surface area (Å²) in [5, 5.41) is 0. The summed E-state index contributed by atoms with van der Waals surface area (Å²) in [5.41, 5.74) is 1.10. The summed E-state index contributed by atoms with van der Waals surface area (Å²) in [5.74, 6) is 1.07. The maximum Gasteiger partial charge on any atom is 0.143 e. The maximum absolute atomic E-state index is 12.2. The molecule has 2 heteroatoms. The smallest absolute Gasteiger partial charge is 0.143 e. The van der Waals surface area contributed by atoms with Gasteiger partial charge in [0.1, 0.15) is 11.4 Å². The normalized spacial score (nSPS) is 52.6. The predicted octanol–water partition coefficient (Wildman–Crippen LogP) is 3.12. The molecule has 3 aliphatic rings. The first-order valence-electron chi connectivity index (χ1n) is 6.76. The molecular weight excluding hydrogens is 212 g/mol. The molecule has 0 bridgehead atoms. The van der Waals surface area contributed by atoms with Crippen LogP contribution in [0.4, 0.5) is 0 Å². The number of carbonyl (C=O) groups is 1. The lowest BCUT2D eigenvalue weighted by Gasteiger charge is -2.49. The van der Waals surface area contributed by atoms with Crippen molar-refractivity contribution in [2.75, 3.05) is 0 Å². The van der Waals surface area contributed by atoms with Crippen molar-refractivity contribution in [3.63, 3.8) is 0 Å². The number of rotatable bonds is 1. The van der Waals surface area contributed by atoms with Crippen molar-refractivity contribution >= 4 is 5.78 Å². The number of epoxide rings is 1. The molecular formula is C15H22O2. The van der Waals surface area contributed by atoms with E-state index in [9.17, 15) is 4.79 Å². The zero-order valence-electron chi connectivity index (χ0n) is 11.1. The Morgan fingerprint density at radius 3 is 2.82 bits per heavy atom. The molecule has 0 aromatic heterocycles. The zero-order valence-corrected chi connectivity index (χ0v) is 11.1. The molecule has 2 aliphatic carbocycles. The first-order valence-corrected chi connectivity index (χ1v) is 6.76. The van der Waals surface area contributed by atoms with Crippen LogP contribution in [0, 0.1) is 17.3 Å². The Bertz CT molecular complexity index is 400. The van der Waals surface area contributed by atoms with Crippen molar-refractivity contribution in [1.82, 2.24) is 0 Å². The summed E-state index contributed by atoms with van der Waals surface area (Å²) in [4.78, 5) is 12.2. The van der Waals surface area contributed by atoms with Gasteiger partial charge in [0, 0.05) is 17.8 Å². The monoisotopic (exact) mass is 234 g/mol. The van der Waals surface area contributed by atoms with Crippen LogP contribution < -0.4 is 0 Å². The third-order valence-electron chi connectivity index (χ3n) is 5.78. The van der Waals surface area contributed by atoms with Gasteiger partial charge in [-0.05, 0) is 32.1 Å². The van der Waals surface area contributed by atoms with Crippen LogP contribution in [0.5, 0.6) is 0 Å². The van der Waals surface area contributed by atoms with E-state index in [1.807, 2.05) is 6.92 Å². The van der Waals surface area contributed by atoms with Gasteiger partial charge in [0.25, 0.3) is 0 Å². The quantitative estimate of drug-likeness (QED) is 0.515. The molecule has 1 saturated heterocycles. The minimum atomic E-state index is -0.103. The molecule has 2 nitrogen and oxygen atoms in total. The van der Waals surface area contributed by atoms with Gasteiger partial charge in [-0.15, -0.1) is 0 Å². The number of Topliss-reactive ketones (excluding diaryl/α,β-unsaturated/α-hetero) is 1. The van der Waals surface area contributed by atoms with Crippen molar-refractivity contribution in [3.8, 4) is 0 Å². The summed E-state index contributed by atoms with van der Waals surface area (Å²) in [6.07, 6.45) is 4.30. The molecule has 3 fully saturated rings. The summed E-state index contributed by atoms with van der Waals surface area (Å²) in [6, 6.07) is 0. The molecule has 5 atom stereocenters. The molecule has 17 heavy (non-hydrogen) atoms. The molecule has 1 aliphatic heterocycles. The van der Waals surface area contributed by atoms with E-state index < -0.39 is 0 Å². The number of carbonyl (C=O) groups excluding carboxylic acids is 1. The fraction of sp³-hybridized carbons (Fsp3) is 0.800. The van der Waals surface area contributed by atoms with Gasteiger partial charge in [0.2, 0.25) is 0 Å². The van der Waals surface area contributed by atoms with E-state index in [1.165, 1.54) is 6.42 Å². The van der Waals surface area contributed by atoms with Crippen LogP contribution in [0.15, 0.2) is 12.2 Å². The van der Waals surface area contributed by atoms with E-state index in [-0.39, 0.29) is 16.9 Å². The molecule has 0 N–H and O–H groups in total. The summed E-state index contributed by atoms with van der Waals surface area (Å²) in [6.45, 7) is 10.6. The second-order valence-corrected chi connectivity index (χ2v) is 6.64. The fourth-order valence-corrected chi connectivity index (χ4v) is 4.25. The van der Waals surface area contributed by atoms with Crippen molar-refractivity contribution < 1.29 is 9.53 Å². The van der Waals surface area contributed by atoms with Crippen LogP contribution in [0.25, 0.3) is 0 Å². The lowest BCUT2D eigenvalue weighted by Crippen LogP contribution is -2.53. The van der Waals surface area contributed by atoms with Gasteiger partial charge < -0.3 is 4.74 Å². The van der Waals surface area contributed by atoms with Crippen LogP contribution in [0.1, 0.15) is 46.5 Å². The molecule has 3 rings (SSSR count). The Kier molecular flexibility index (Phi) is 2.17. The minimum absolute atomic E-state index is 0.0658. The highest BCUT2D eigenvalue weighted by Crippen LogP contribution is 2.67. The van der Waals surface area contributed by atoms with Gasteiger partial charge in [-0.3, -0.25) is 4.79 Å². The van der Waals surface area contributed by atoms with Gasteiger partial charge in [0.15, 0.2) is 0 Å². The Morgan fingerprint density at radius 1 is 1.47 bits per heavy atom. The number of ketones is 1. The number of hydrogen-bond donors (Lipinski definition) is 0. The summed E-state index contributed by atoms with van der Waals surface area (Å²) in [7, 11) is 0. The summed E-state index contributed by atoms with van der Waals surface area (Å²) < 4.78 is 5.99. The fourth-order valence-electron chi connectivity index (χ4n) is 4.25. The maximum atomic E-state index is 12.2. The van der Waals surface area contributed by atoms with Crippen LogP contribution >= 0.6 is 0 Å². The van der Waals surface area contributed by atoms with E-state index >= 15 is 0 Å². The molecule has 5 unspecified atom stereocenters. The average Bonchev–Trinajstić information content (AvgIpc) is 2.94. The molecule has 0 amide bonds. The third kappa shape index (κ3) is 1.28. The molecule has 2 saturated carbocycles. The standard InChI is InChI=1S/C15H22O2/c1-9(2)11-7-14(4)10(3)5-6-13-15(14,17-13)8-12(11)16/h10-11,13H,1,5-8H2,2-4H3. The minimum Gasteiger partial charge on any atom is -0.365 e. The van der Waals surface area contributed by atoms with Crippen molar-refractivity contribution in [2.45, 2.75) is 58.2 Å². The van der Waals surface area contributed by atoms with Gasteiger partial charge in [-0.1, -0.05) is 26.0 Å². The van der Waals surface area contributed by atoms with Crippen molar-refractivity contribution in [1.29, 1.82) is 0 Å². The predicted molar refractivity (Wildman–Crippen MR) is 66.7 cm³/mol. The van der Waals surface area contributed by atoms with E-state index in [2.05, 4.69) is 20.4 Å². The van der Waals surface area contributed by atoms with Crippen molar-refractivity contribution in [3.05, 3.63) is 12.2 Å². The molecule has 1 heterocycles. The van der Waals surface area contributed by atoms with Crippen LogP contribution in [0.2, 0.25) is 0 Å². The largest absolute Gasteiger partial charge is 0.365 e. The lowest BCUT2D eigenvalue weighted by atomic mass is 9.52. The topological polar surface area (TPSA) is 29.6 Å². The van der Waals surface area contributed by atoms with Gasteiger partial charge in [-0.2, -0.15) is 0 Å². The summed E-state index contributed by atoms with van der Waals surface area (Å²) >= 11 is 0. The van der Waals surface area contributed by atoms with Gasteiger partial charge in [0.05, 0.1) is 6.10 Å². The van der Waals surface area contributed by atoms with Gasteiger partial charge in [-0.25, -0.2) is 0 Å². The Labute approximate surface area is 103 Å². The SMILES string of the molecule is C=C(C)C1CC2(C)C(C)CCC3OC32CC1=O. The molecule has 94 valence electrons. The lowest BCUT2D eigenvalue weighted by molar-refractivity contribution is -0.132. The van der Waals surface area contributed by atoms with Crippen molar-refractivity contribution in [2.24, 2.45) is 17.3 Å². The first-order chi connectivity index (χ1) is 7.91. The Hall–Kier alpha value is -0.630. The Morgan fingerprint density at radius 2 is 2.18 bits per heavy atom. The molecule has 0 radical (unpaired) electrons. The number of ether oxygens (including phenoxy) is 1. The van der Waals surface area contributed by atoms with E-state index in [4.69, 9.17) is 4.74 Å². The highest BCUT2D eigenvalue weighted by molar-refractivity contribution is 5.86. The third-order valence-corrected chi connectivity index (χ3v) is 5.78. The van der Waals surface area contributed by atoms with E-state index in [0.717, 1.165) is 18.4 Å². The van der Waals surface area contributed by atoms with E-state index in [1.54, 1.807) is 0 Å². The van der Waals surface area contributed by atoms with Crippen LogP contribution in [-0.4, -0.2) is 17.5 Å². The molecule has 1 spiro atoms. The number of hydrogen-bond acceptors (Lipinski definition) is 2. The highest BCUT2D eigenvalue weighted by Gasteiger charge is 2.72. The zero-order chi connectivity index (χ0) is 12.4. The first kappa shape index (κ1) is 11.5. The van der Waals surface area contributed by atoms with Crippen LogP contribution in [-0.2, 0) is 9.53 Å². The average molecular weight is 234 g/mol.